The van der Waals surface area contributed by atoms with Gasteiger partial charge in [-0.05, 0) is 68.3 Å². The smallest absolute Gasteiger partial charge is 0.261 e. The fourth-order valence-corrected chi connectivity index (χ4v) is 4.69. The lowest BCUT2D eigenvalue weighted by atomic mass is 10.1. The summed E-state index contributed by atoms with van der Waals surface area (Å²) in [7, 11) is -3.67. The molecule has 1 aliphatic rings. The highest BCUT2D eigenvalue weighted by Crippen LogP contribution is 2.33. The maximum Gasteiger partial charge on any atom is 0.261 e. The summed E-state index contributed by atoms with van der Waals surface area (Å²) < 4.78 is 27.6. The molecule has 29 heavy (non-hydrogen) atoms. The summed E-state index contributed by atoms with van der Waals surface area (Å²) >= 11 is 0. The van der Waals surface area contributed by atoms with Crippen molar-refractivity contribution in [2.45, 2.75) is 31.2 Å². The van der Waals surface area contributed by atoms with Crippen LogP contribution in [0.2, 0.25) is 0 Å². The average Bonchev–Trinajstić information content (AvgIpc) is 3.04. The number of nitrogens with one attached hydrogen (secondary N) is 1. The molecule has 0 spiro atoms. The first-order valence-corrected chi connectivity index (χ1v) is 10.9. The van der Waals surface area contributed by atoms with Crippen molar-refractivity contribution in [1.29, 1.82) is 0 Å². The molecule has 1 heterocycles. The van der Waals surface area contributed by atoms with Crippen LogP contribution in [0.15, 0.2) is 77.7 Å². The molecule has 0 unspecified atom stereocenters. The second-order valence-corrected chi connectivity index (χ2v) is 9.04. The molecule has 0 aliphatic carbocycles. The van der Waals surface area contributed by atoms with Crippen LogP contribution in [-0.4, -0.2) is 20.4 Å². The highest BCUT2D eigenvalue weighted by Gasteiger charge is 2.31. The van der Waals surface area contributed by atoms with Crippen LogP contribution >= 0.6 is 0 Å². The van der Waals surface area contributed by atoms with Crippen LogP contribution in [0.4, 0.5) is 11.4 Å². The van der Waals surface area contributed by atoms with Gasteiger partial charge in [-0.2, -0.15) is 0 Å². The van der Waals surface area contributed by atoms with Crippen molar-refractivity contribution >= 4 is 27.3 Å². The van der Waals surface area contributed by atoms with Gasteiger partial charge in [0.1, 0.15) is 0 Å². The number of nitrogens with zero attached hydrogens (tertiary/aromatic N) is 1. The Balaban J connectivity index is 1.54. The highest BCUT2D eigenvalue weighted by molar-refractivity contribution is 7.92. The second kappa shape index (κ2) is 7.37. The van der Waals surface area contributed by atoms with E-state index in [1.807, 2.05) is 38.1 Å². The van der Waals surface area contributed by atoms with E-state index >= 15 is 0 Å². The minimum Gasteiger partial charge on any atom is -0.305 e. The van der Waals surface area contributed by atoms with E-state index in [9.17, 15) is 13.2 Å². The summed E-state index contributed by atoms with van der Waals surface area (Å²) in [6.45, 7) is 3.93. The second-order valence-electron chi connectivity index (χ2n) is 7.35. The quantitative estimate of drug-likeness (QED) is 0.699. The van der Waals surface area contributed by atoms with Gasteiger partial charge in [-0.15, -0.1) is 0 Å². The number of carbonyl (C=O) groups excluding carboxylic acids is 1. The predicted octanol–water partition coefficient (Wildman–Crippen LogP) is 4.39. The Morgan fingerprint density at radius 2 is 1.62 bits per heavy atom. The molecule has 1 aliphatic heterocycles. The molecule has 0 bridgehead atoms. The zero-order valence-electron chi connectivity index (χ0n) is 16.3. The number of benzene rings is 3. The van der Waals surface area contributed by atoms with Crippen LogP contribution in [0.25, 0.3) is 0 Å². The van der Waals surface area contributed by atoms with Gasteiger partial charge in [-0.25, -0.2) is 8.42 Å². The lowest BCUT2D eigenvalue weighted by Crippen LogP contribution is -2.35. The molecular formula is C23H22N2O3S. The molecule has 6 heteroatoms. The fourth-order valence-electron chi connectivity index (χ4n) is 3.63. The first-order chi connectivity index (χ1) is 13.8. The normalized spacial score (nSPS) is 15.8. The Kier molecular flexibility index (Phi) is 4.88. The van der Waals surface area contributed by atoms with E-state index in [4.69, 9.17) is 0 Å². The molecule has 1 amide bonds. The van der Waals surface area contributed by atoms with Crippen molar-refractivity contribution in [1.82, 2.24) is 0 Å². The van der Waals surface area contributed by atoms with Gasteiger partial charge < -0.3 is 4.90 Å². The summed E-state index contributed by atoms with van der Waals surface area (Å²) in [5, 5.41) is 0. The number of anilines is 2. The van der Waals surface area contributed by atoms with Gasteiger partial charge in [-0.3, -0.25) is 9.52 Å². The summed E-state index contributed by atoms with van der Waals surface area (Å²) in [6, 6.07) is 21.2. The van der Waals surface area contributed by atoms with Crippen LogP contribution in [-0.2, 0) is 16.4 Å². The van der Waals surface area contributed by atoms with Crippen LogP contribution in [0, 0.1) is 6.92 Å². The minimum absolute atomic E-state index is 0.0830. The molecule has 5 nitrogen and oxygen atoms in total. The molecule has 0 saturated carbocycles. The Morgan fingerprint density at radius 1 is 0.966 bits per heavy atom. The zero-order valence-corrected chi connectivity index (χ0v) is 17.1. The van der Waals surface area contributed by atoms with E-state index in [0.717, 1.165) is 23.2 Å². The third-order valence-electron chi connectivity index (χ3n) is 5.14. The van der Waals surface area contributed by atoms with Gasteiger partial charge in [0.25, 0.3) is 15.9 Å². The molecular weight excluding hydrogens is 384 g/mol. The number of hydrogen-bond donors (Lipinski definition) is 1. The van der Waals surface area contributed by atoms with E-state index in [-0.39, 0.29) is 16.8 Å². The molecule has 0 aromatic heterocycles. The van der Waals surface area contributed by atoms with Crippen LogP contribution in [0.5, 0.6) is 0 Å². The highest BCUT2D eigenvalue weighted by atomic mass is 32.2. The van der Waals surface area contributed by atoms with E-state index in [2.05, 4.69) is 4.72 Å². The predicted molar refractivity (Wildman–Crippen MR) is 115 cm³/mol. The fraction of sp³-hybridized carbons (Fsp3) is 0.174. The van der Waals surface area contributed by atoms with E-state index in [0.29, 0.717) is 11.3 Å². The Morgan fingerprint density at radius 3 is 2.31 bits per heavy atom. The Labute approximate surface area is 171 Å². The first kappa shape index (κ1) is 19.2. The van der Waals surface area contributed by atoms with E-state index in [1.165, 1.54) is 0 Å². The third-order valence-corrected chi connectivity index (χ3v) is 6.54. The maximum absolute atomic E-state index is 13.1. The molecule has 3 aromatic rings. The number of para-hydroxylation sites is 1. The number of sulfonamides is 1. The number of fused-ring (bicyclic) bond motifs is 1. The van der Waals surface area contributed by atoms with Gasteiger partial charge in [0.15, 0.2) is 0 Å². The number of amides is 1. The first-order valence-electron chi connectivity index (χ1n) is 9.46. The van der Waals surface area contributed by atoms with Gasteiger partial charge in [0, 0.05) is 23.0 Å². The maximum atomic E-state index is 13.1. The minimum atomic E-state index is -3.67. The van der Waals surface area contributed by atoms with Crippen LogP contribution < -0.4 is 9.62 Å². The van der Waals surface area contributed by atoms with Crippen molar-refractivity contribution in [3.63, 3.8) is 0 Å². The summed E-state index contributed by atoms with van der Waals surface area (Å²) in [5.74, 6) is -0.0876. The molecule has 3 aromatic carbocycles. The standard InChI is InChI=1S/C23H22N2O3S/c1-16-7-13-21(14-8-16)29(27,28)24-20-11-9-18(10-12-20)23(26)25-17(2)15-19-5-3-4-6-22(19)25/h3-14,17,24H,15H2,1-2H3/t17-/m0/s1. The van der Waals surface area contributed by atoms with Crippen LogP contribution in [0.3, 0.4) is 0 Å². The van der Waals surface area contributed by atoms with Gasteiger partial charge in [0.2, 0.25) is 0 Å². The summed E-state index contributed by atoms with van der Waals surface area (Å²) in [4.78, 5) is 15.1. The topological polar surface area (TPSA) is 66.5 Å². The molecule has 1 N–H and O–H groups in total. The van der Waals surface area contributed by atoms with E-state index in [1.54, 1.807) is 53.4 Å². The van der Waals surface area contributed by atoms with Crippen molar-refractivity contribution in [2.24, 2.45) is 0 Å². The monoisotopic (exact) mass is 406 g/mol. The van der Waals surface area contributed by atoms with Gasteiger partial charge in [0.05, 0.1) is 4.90 Å². The largest absolute Gasteiger partial charge is 0.305 e. The Hall–Kier alpha value is -3.12. The summed E-state index contributed by atoms with van der Waals surface area (Å²) in [5.41, 5.74) is 4.03. The SMILES string of the molecule is Cc1ccc(S(=O)(=O)Nc2ccc(C(=O)N3c4ccccc4C[C@@H]3C)cc2)cc1. The summed E-state index contributed by atoms with van der Waals surface area (Å²) in [6.07, 6.45) is 0.830. The molecule has 1 atom stereocenters. The molecule has 148 valence electrons. The average molecular weight is 407 g/mol. The number of rotatable bonds is 4. The number of aryl methyl sites for hydroxylation is 1. The van der Waals surface area contributed by atoms with Crippen molar-refractivity contribution in [3.8, 4) is 0 Å². The van der Waals surface area contributed by atoms with Gasteiger partial charge in [-0.1, -0.05) is 35.9 Å². The molecule has 0 radical (unpaired) electrons. The van der Waals surface area contributed by atoms with Crippen molar-refractivity contribution in [2.75, 3.05) is 9.62 Å². The molecule has 0 fully saturated rings. The number of hydrogen-bond acceptors (Lipinski definition) is 3. The van der Waals surface area contributed by atoms with E-state index < -0.39 is 10.0 Å². The van der Waals surface area contributed by atoms with Crippen LogP contribution in [0.1, 0.15) is 28.4 Å². The molecule has 0 saturated heterocycles. The lowest BCUT2D eigenvalue weighted by Gasteiger charge is -2.23. The van der Waals surface area contributed by atoms with Crippen molar-refractivity contribution in [3.05, 3.63) is 89.5 Å². The molecule has 4 rings (SSSR count). The number of carbonyl (C=O) groups is 1. The van der Waals surface area contributed by atoms with Crippen molar-refractivity contribution < 1.29 is 13.2 Å². The Bertz CT molecular complexity index is 1150. The zero-order chi connectivity index (χ0) is 20.6. The third kappa shape index (κ3) is 3.76. The van der Waals surface area contributed by atoms with Gasteiger partial charge >= 0.3 is 0 Å². The lowest BCUT2D eigenvalue weighted by molar-refractivity contribution is 0.0981.